The number of hydrogen-bond donors (Lipinski definition) is 1. The number of aliphatic carboxylic acids is 1. The van der Waals surface area contributed by atoms with Crippen LogP contribution in [0.5, 0.6) is 0 Å². The predicted octanol–water partition coefficient (Wildman–Crippen LogP) is 0.706. The van der Waals surface area contributed by atoms with E-state index < -0.39 is 12.1 Å². The van der Waals surface area contributed by atoms with Crippen molar-refractivity contribution >= 4 is 11.9 Å². The lowest BCUT2D eigenvalue weighted by molar-refractivity contribution is -0.141. The predicted molar refractivity (Wildman–Crippen MR) is 66.9 cm³/mol. The van der Waals surface area contributed by atoms with Crippen LogP contribution in [0.25, 0.3) is 0 Å². The van der Waals surface area contributed by atoms with Crippen molar-refractivity contribution in [2.45, 2.75) is 19.4 Å². The van der Waals surface area contributed by atoms with Crippen LogP contribution in [0.2, 0.25) is 0 Å². The number of ether oxygens (including phenoxy) is 1. The number of rotatable bonds is 3. The molecule has 0 aromatic carbocycles. The van der Waals surface area contributed by atoms with E-state index in [0.717, 1.165) is 0 Å². The maximum absolute atomic E-state index is 12.3. The van der Waals surface area contributed by atoms with Crippen LogP contribution in [0, 0.1) is 6.92 Å². The van der Waals surface area contributed by atoms with E-state index in [1.54, 1.807) is 30.2 Å². The van der Waals surface area contributed by atoms with Crippen LogP contribution in [-0.2, 0) is 9.53 Å². The van der Waals surface area contributed by atoms with Crippen LogP contribution in [0.15, 0.2) is 18.3 Å². The molecule has 1 atom stereocenters. The Kier molecular flexibility index (Phi) is 4.11. The van der Waals surface area contributed by atoms with Crippen molar-refractivity contribution in [3.8, 4) is 0 Å². The Balaban J connectivity index is 2.07. The van der Waals surface area contributed by atoms with Crippen molar-refractivity contribution in [2.75, 3.05) is 19.7 Å². The van der Waals surface area contributed by atoms with E-state index in [0.29, 0.717) is 31.0 Å². The van der Waals surface area contributed by atoms with Crippen molar-refractivity contribution in [3.05, 3.63) is 29.6 Å². The second-order valence-electron chi connectivity index (χ2n) is 4.48. The molecule has 0 aliphatic carbocycles. The normalized spacial score (nSPS) is 19.2. The van der Waals surface area contributed by atoms with Gasteiger partial charge in [-0.25, -0.2) is 0 Å². The first kappa shape index (κ1) is 13.5. The van der Waals surface area contributed by atoms with Gasteiger partial charge >= 0.3 is 5.97 Å². The highest BCUT2D eigenvalue weighted by atomic mass is 16.5. The number of aromatic nitrogens is 1. The molecule has 102 valence electrons. The zero-order valence-electron chi connectivity index (χ0n) is 10.7. The van der Waals surface area contributed by atoms with Crippen LogP contribution in [0.4, 0.5) is 0 Å². The molecule has 6 heteroatoms. The number of carboxylic acid groups (broad SMARTS) is 1. The molecule has 1 aromatic heterocycles. The van der Waals surface area contributed by atoms with E-state index in [1.807, 2.05) is 0 Å². The first-order chi connectivity index (χ1) is 9.08. The molecule has 1 unspecified atom stereocenters. The Bertz CT molecular complexity index is 489. The van der Waals surface area contributed by atoms with Gasteiger partial charge in [-0.2, -0.15) is 0 Å². The molecule has 2 heterocycles. The van der Waals surface area contributed by atoms with Crippen LogP contribution in [0.3, 0.4) is 0 Å². The van der Waals surface area contributed by atoms with E-state index in [1.165, 1.54) is 0 Å². The third kappa shape index (κ3) is 3.29. The summed E-state index contributed by atoms with van der Waals surface area (Å²) in [7, 11) is 0. The molecule has 2 rings (SSSR count). The summed E-state index contributed by atoms with van der Waals surface area (Å²) in [6, 6.07) is 3.45. The number of aryl methyl sites for hydroxylation is 1. The lowest BCUT2D eigenvalue weighted by Gasteiger charge is -2.32. The number of morpholine rings is 1. The fourth-order valence-electron chi connectivity index (χ4n) is 2.10. The van der Waals surface area contributed by atoms with Crippen LogP contribution in [-0.4, -0.2) is 52.7 Å². The van der Waals surface area contributed by atoms with Crippen molar-refractivity contribution in [1.29, 1.82) is 0 Å². The summed E-state index contributed by atoms with van der Waals surface area (Å²) in [6.07, 6.45) is 1.11. The van der Waals surface area contributed by atoms with Gasteiger partial charge in [0.15, 0.2) is 0 Å². The van der Waals surface area contributed by atoms with Crippen molar-refractivity contribution in [3.63, 3.8) is 0 Å². The van der Waals surface area contributed by atoms with Crippen LogP contribution < -0.4 is 0 Å². The van der Waals surface area contributed by atoms with Gasteiger partial charge in [0.25, 0.3) is 5.91 Å². The molecule has 0 spiro atoms. The lowest BCUT2D eigenvalue weighted by Crippen LogP contribution is -2.46. The second-order valence-corrected chi connectivity index (χ2v) is 4.48. The first-order valence-corrected chi connectivity index (χ1v) is 6.12. The Morgan fingerprint density at radius 2 is 2.37 bits per heavy atom. The number of carbonyl (C=O) groups excluding carboxylic acids is 1. The minimum atomic E-state index is -0.920. The Labute approximate surface area is 111 Å². The van der Waals surface area contributed by atoms with Gasteiger partial charge in [-0.1, -0.05) is 0 Å². The zero-order chi connectivity index (χ0) is 13.8. The lowest BCUT2D eigenvalue weighted by atomic mass is 10.1. The van der Waals surface area contributed by atoms with E-state index in [2.05, 4.69) is 4.98 Å². The molecule has 1 aromatic rings. The van der Waals surface area contributed by atoms with Crippen LogP contribution >= 0.6 is 0 Å². The minimum absolute atomic E-state index is 0.0875. The molecular weight excluding hydrogens is 248 g/mol. The first-order valence-electron chi connectivity index (χ1n) is 6.12. The number of pyridine rings is 1. The van der Waals surface area contributed by atoms with Gasteiger partial charge in [0.05, 0.1) is 24.7 Å². The van der Waals surface area contributed by atoms with E-state index in [4.69, 9.17) is 9.84 Å². The Hall–Kier alpha value is -1.95. The highest BCUT2D eigenvalue weighted by Crippen LogP contribution is 2.14. The SMILES string of the molecule is Cc1ncccc1C(=O)N1CCOC(CC(=O)O)C1. The van der Waals surface area contributed by atoms with E-state index >= 15 is 0 Å². The monoisotopic (exact) mass is 264 g/mol. The maximum Gasteiger partial charge on any atom is 0.306 e. The third-order valence-electron chi connectivity index (χ3n) is 3.07. The van der Waals surface area contributed by atoms with E-state index in [-0.39, 0.29) is 12.3 Å². The third-order valence-corrected chi connectivity index (χ3v) is 3.07. The number of carboxylic acids is 1. The molecule has 6 nitrogen and oxygen atoms in total. The van der Waals surface area contributed by atoms with Gasteiger partial charge in [-0.3, -0.25) is 14.6 Å². The molecule has 0 saturated carbocycles. The number of carbonyl (C=O) groups is 2. The average molecular weight is 264 g/mol. The van der Waals surface area contributed by atoms with Crippen molar-refractivity contribution < 1.29 is 19.4 Å². The molecule has 1 saturated heterocycles. The molecule has 1 aliphatic heterocycles. The molecule has 1 aliphatic rings. The summed E-state index contributed by atoms with van der Waals surface area (Å²) in [5.74, 6) is -1.04. The highest BCUT2D eigenvalue weighted by Gasteiger charge is 2.27. The van der Waals surface area contributed by atoms with Gasteiger partial charge in [0, 0.05) is 25.0 Å². The summed E-state index contributed by atoms with van der Waals surface area (Å²) in [4.78, 5) is 28.7. The largest absolute Gasteiger partial charge is 0.481 e. The van der Waals surface area contributed by atoms with Gasteiger partial charge in [0.2, 0.25) is 0 Å². The quantitative estimate of drug-likeness (QED) is 0.869. The Morgan fingerprint density at radius 1 is 1.58 bits per heavy atom. The van der Waals surface area contributed by atoms with Crippen LogP contribution in [0.1, 0.15) is 22.5 Å². The molecule has 0 bridgehead atoms. The standard InChI is InChI=1S/C13H16N2O4/c1-9-11(3-2-4-14-9)13(18)15-5-6-19-10(8-15)7-12(16)17/h2-4,10H,5-8H2,1H3,(H,16,17). The fourth-order valence-corrected chi connectivity index (χ4v) is 2.10. The van der Waals surface area contributed by atoms with Crippen molar-refractivity contribution in [1.82, 2.24) is 9.88 Å². The number of amides is 1. The van der Waals surface area contributed by atoms with Gasteiger partial charge in [-0.15, -0.1) is 0 Å². The van der Waals surface area contributed by atoms with Gasteiger partial charge in [-0.05, 0) is 19.1 Å². The topological polar surface area (TPSA) is 79.7 Å². The molecular formula is C13H16N2O4. The summed E-state index contributed by atoms with van der Waals surface area (Å²) in [5, 5.41) is 8.76. The average Bonchev–Trinajstić information content (AvgIpc) is 2.38. The summed E-state index contributed by atoms with van der Waals surface area (Å²) in [6.45, 7) is 2.92. The number of nitrogens with zero attached hydrogens (tertiary/aromatic N) is 2. The smallest absolute Gasteiger partial charge is 0.306 e. The fraction of sp³-hybridized carbons (Fsp3) is 0.462. The summed E-state index contributed by atoms with van der Waals surface area (Å²) in [5.41, 5.74) is 1.23. The molecule has 19 heavy (non-hydrogen) atoms. The molecule has 1 amide bonds. The van der Waals surface area contributed by atoms with E-state index in [9.17, 15) is 9.59 Å². The Morgan fingerprint density at radius 3 is 3.05 bits per heavy atom. The molecule has 1 N–H and O–H groups in total. The zero-order valence-corrected chi connectivity index (χ0v) is 10.7. The van der Waals surface area contributed by atoms with Gasteiger partial charge in [0.1, 0.15) is 0 Å². The van der Waals surface area contributed by atoms with Gasteiger partial charge < -0.3 is 14.7 Å². The molecule has 0 radical (unpaired) electrons. The minimum Gasteiger partial charge on any atom is -0.481 e. The summed E-state index contributed by atoms with van der Waals surface area (Å²) < 4.78 is 5.34. The molecule has 1 fully saturated rings. The highest BCUT2D eigenvalue weighted by molar-refractivity contribution is 5.95. The second kappa shape index (κ2) is 5.79. The summed E-state index contributed by atoms with van der Waals surface area (Å²) >= 11 is 0. The number of hydrogen-bond acceptors (Lipinski definition) is 4. The maximum atomic E-state index is 12.3. The van der Waals surface area contributed by atoms with Crippen molar-refractivity contribution in [2.24, 2.45) is 0 Å².